The van der Waals surface area contributed by atoms with Crippen LogP contribution in [-0.4, -0.2) is 36.9 Å². The van der Waals surface area contributed by atoms with Gasteiger partial charge in [-0.2, -0.15) is 14.8 Å². The molecular formula is C24H22N6O4. The maximum Gasteiger partial charge on any atom is 0.351 e. The molecule has 0 spiro atoms. The largest absolute Gasteiger partial charge is 0.351 e. The van der Waals surface area contributed by atoms with E-state index in [9.17, 15) is 14.4 Å². The van der Waals surface area contributed by atoms with Crippen LogP contribution in [0.4, 0.5) is 5.69 Å². The van der Waals surface area contributed by atoms with E-state index in [1.807, 2.05) is 43.3 Å². The van der Waals surface area contributed by atoms with Gasteiger partial charge in [-0.1, -0.05) is 41.1 Å². The molecule has 10 heteroatoms. The Labute approximate surface area is 194 Å². The molecule has 0 N–H and O–H groups in total. The van der Waals surface area contributed by atoms with E-state index in [0.717, 1.165) is 32.5 Å². The Kier molecular flexibility index (Phi) is 5.40. The van der Waals surface area contributed by atoms with Crippen molar-refractivity contribution < 1.29 is 9.32 Å². The number of rotatable bonds is 5. The maximum absolute atomic E-state index is 12.8. The van der Waals surface area contributed by atoms with Gasteiger partial charge >= 0.3 is 5.69 Å². The van der Waals surface area contributed by atoms with Gasteiger partial charge in [-0.15, -0.1) is 0 Å². The lowest BCUT2D eigenvalue weighted by Crippen LogP contribution is -2.40. The predicted molar refractivity (Wildman–Crippen MR) is 124 cm³/mol. The Morgan fingerprint density at radius 2 is 1.85 bits per heavy atom. The van der Waals surface area contributed by atoms with Crippen LogP contribution in [0.25, 0.3) is 17.2 Å². The fourth-order valence-corrected chi connectivity index (χ4v) is 3.97. The van der Waals surface area contributed by atoms with Gasteiger partial charge in [0.1, 0.15) is 0 Å². The Morgan fingerprint density at radius 3 is 2.65 bits per heavy atom. The Morgan fingerprint density at radius 1 is 1.09 bits per heavy atom. The smallest absolute Gasteiger partial charge is 0.339 e. The van der Waals surface area contributed by atoms with Crippen LogP contribution in [0.5, 0.6) is 0 Å². The number of para-hydroxylation sites is 1. The monoisotopic (exact) mass is 458 g/mol. The molecular weight excluding hydrogens is 436 g/mol. The van der Waals surface area contributed by atoms with Crippen molar-refractivity contribution >= 4 is 11.6 Å². The number of amides is 1. The molecule has 1 aliphatic heterocycles. The Hall–Kier alpha value is -4.34. The third kappa shape index (κ3) is 3.83. The van der Waals surface area contributed by atoms with Crippen LogP contribution in [0, 0.1) is 6.92 Å². The van der Waals surface area contributed by atoms with Crippen LogP contribution in [0.15, 0.2) is 62.6 Å². The van der Waals surface area contributed by atoms with Crippen molar-refractivity contribution in [3.8, 4) is 17.2 Å². The second-order valence-corrected chi connectivity index (χ2v) is 8.18. The Bertz CT molecular complexity index is 1500. The molecule has 0 bridgehead atoms. The number of carbonyl (C=O) groups excluding carboxylic acids is 1. The van der Waals surface area contributed by atoms with Gasteiger partial charge in [-0.3, -0.25) is 14.2 Å². The van der Waals surface area contributed by atoms with Crippen molar-refractivity contribution in [3.05, 3.63) is 86.4 Å². The lowest BCUT2D eigenvalue weighted by molar-refractivity contribution is -0.118. The molecule has 10 nitrogen and oxygen atoms in total. The zero-order valence-electron chi connectivity index (χ0n) is 18.8. The highest BCUT2D eigenvalue weighted by Gasteiger charge is 2.25. The highest BCUT2D eigenvalue weighted by atomic mass is 16.5. The molecule has 34 heavy (non-hydrogen) atoms. The topological polar surface area (TPSA) is 116 Å². The van der Waals surface area contributed by atoms with E-state index in [0.29, 0.717) is 12.2 Å². The number of benzene rings is 2. The first-order chi connectivity index (χ1) is 16.4. The summed E-state index contributed by atoms with van der Waals surface area (Å²) in [7, 11) is 1.37. The minimum Gasteiger partial charge on any atom is -0.339 e. The van der Waals surface area contributed by atoms with E-state index in [1.165, 1.54) is 7.05 Å². The second kappa shape index (κ2) is 8.54. The molecule has 5 rings (SSSR count). The molecule has 0 radical (unpaired) electrons. The molecule has 0 fully saturated rings. The zero-order valence-corrected chi connectivity index (χ0v) is 18.8. The fraction of sp³-hybridized carbons (Fsp3) is 0.250. The summed E-state index contributed by atoms with van der Waals surface area (Å²) in [5, 5.41) is 8.09. The van der Waals surface area contributed by atoms with Gasteiger partial charge in [0, 0.05) is 32.1 Å². The molecule has 4 aromatic rings. The normalized spacial score (nSPS) is 12.7. The van der Waals surface area contributed by atoms with E-state index in [2.05, 4.69) is 15.2 Å². The van der Waals surface area contributed by atoms with Gasteiger partial charge in [0.15, 0.2) is 5.69 Å². The van der Waals surface area contributed by atoms with Crippen LogP contribution >= 0.6 is 0 Å². The minimum absolute atomic E-state index is 0.0320. The molecule has 0 atom stereocenters. The van der Waals surface area contributed by atoms with E-state index < -0.39 is 11.2 Å². The fourth-order valence-electron chi connectivity index (χ4n) is 3.97. The summed E-state index contributed by atoms with van der Waals surface area (Å²) in [5.74, 6) is 0.148. The number of anilines is 1. The molecule has 172 valence electrons. The molecule has 1 amide bonds. The molecule has 2 aromatic heterocycles. The predicted octanol–water partition coefficient (Wildman–Crippen LogP) is 1.81. The first-order valence-electron chi connectivity index (χ1n) is 10.9. The van der Waals surface area contributed by atoms with E-state index in [4.69, 9.17) is 4.52 Å². The van der Waals surface area contributed by atoms with Crippen LogP contribution < -0.4 is 16.1 Å². The standard InChI is InChI=1S/C24H22N6O4/c1-15-7-9-17(10-8-15)30-24(33)28(2)23(32)21(26-30)22-25-19(34-27-22)11-12-20(31)29-14-13-16-5-3-4-6-18(16)29/h3-10H,11-14H2,1-2H3. The van der Waals surface area contributed by atoms with Gasteiger partial charge in [0.25, 0.3) is 5.56 Å². The molecule has 0 unspecified atom stereocenters. The average molecular weight is 458 g/mol. The number of nitrogens with zero attached hydrogens (tertiary/aromatic N) is 6. The number of hydrogen-bond acceptors (Lipinski definition) is 7. The minimum atomic E-state index is -0.634. The summed E-state index contributed by atoms with van der Waals surface area (Å²) in [6.45, 7) is 2.58. The summed E-state index contributed by atoms with van der Waals surface area (Å²) < 4.78 is 7.36. The first-order valence-corrected chi connectivity index (χ1v) is 10.9. The summed E-state index contributed by atoms with van der Waals surface area (Å²) >= 11 is 0. The number of aromatic nitrogens is 5. The number of fused-ring (bicyclic) bond motifs is 1. The molecule has 0 aliphatic carbocycles. The number of aryl methyl sites for hydroxylation is 2. The van der Waals surface area contributed by atoms with E-state index in [1.54, 1.807) is 17.0 Å². The third-order valence-electron chi connectivity index (χ3n) is 5.87. The molecule has 0 saturated carbocycles. The number of hydrogen-bond donors (Lipinski definition) is 0. The van der Waals surface area contributed by atoms with Crippen molar-refractivity contribution in [2.45, 2.75) is 26.2 Å². The highest BCUT2D eigenvalue weighted by Crippen LogP contribution is 2.28. The SMILES string of the molecule is Cc1ccc(-n2nc(-c3noc(CCC(=O)N4CCc5ccccc54)n3)c(=O)n(C)c2=O)cc1. The number of carbonyl (C=O) groups is 1. The molecule has 1 aliphatic rings. The summed E-state index contributed by atoms with van der Waals surface area (Å²) in [6, 6.07) is 15.0. The molecule has 3 heterocycles. The summed E-state index contributed by atoms with van der Waals surface area (Å²) in [5.41, 5.74) is 2.29. The molecule has 2 aromatic carbocycles. The van der Waals surface area contributed by atoms with Gasteiger partial charge in [-0.05, 0) is 37.1 Å². The van der Waals surface area contributed by atoms with Crippen LogP contribution in [-0.2, 0) is 24.7 Å². The molecule has 0 saturated heterocycles. The van der Waals surface area contributed by atoms with Gasteiger partial charge in [0.2, 0.25) is 17.6 Å². The van der Waals surface area contributed by atoms with Gasteiger partial charge in [0.05, 0.1) is 5.69 Å². The summed E-state index contributed by atoms with van der Waals surface area (Å²) in [4.78, 5) is 44.1. The third-order valence-corrected chi connectivity index (χ3v) is 5.87. The van der Waals surface area contributed by atoms with Gasteiger partial charge in [-0.25, -0.2) is 4.79 Å². The maximum atomic E-state index is 12.8. The van der Waals surface area contributed by atoms with Crippen molar-refractivity contribution in [1.29, 1.82) is 0 Å². The van der Waals surface area contributed by atoms with E-state index >= 15 is 0 Å². The van der Waals surface area contributed by atoms with Crippen molar-refractivity contribution in [2.75, 3.05) is 11.4 Å². The van der Waals surface area contributed by atoms with Crippen molar-refractivity contribution in [3.63, 3.8) is 0 Å². The summed E-state index contributed by atoms with van der Waals surface area (Å²) in [6.07, 6.45) is 1.24. The van der Waals surface area contributed by atoms with Crippen molar-refractivity contribution in [2.24, 2.45) is 7.05 Å². The lowest BCUT2D eigenvalue weighted by atomic mass is 10.2. The van der Waals surface area contributed by atoms with Crippen LogP contribution in [0.3, 0.4) is 0 Å². The first kappa shape index (κ1) is 21.5. The second-order valence-electron chi connectivity index (χ2n) is 8.18. The van der Waals surface area contributed by atoms with Crippen LogP contribution in [0.2, 0.25) is 0 Å². The van der Waals surface area contributed by atoms with Crippen LogP contribution in [0.1, 0.15) is 23.4 Å². The van der Waals surface area contributed by atoms with Gasteiger partial charge < -0.3 is 9.42 Å². The van der Waals surface area contributed by atoms with Crippen molar-refractivity contribution in [1.82, 2.24) is 24.5 Å². The highest BCUT2D eigenvalue weighted by molar-refractivity contribution is 5.95. The Balaban J connectivity index is 1.37. The zero-order chi connectivity index (χ0) is 23.8. The lowest BCUT2D eigenvalue weighted by Gasteiger charge is -2.16. The average Bonchev–Trinajstić information content (AvgIpc) is 3.49. The quantitative estimate of drug-likeness (QED) is 0.448. The van der Waals surface area contributed by atoms with E-state index in [-0.39, 0.29) is 36.2 Å².